The molecule has 0 radical (unpaired) electrons. The summed E-state index contributed by atoms with van der Waals surface area (Å²) in [5.74, 6) is 0.435. The molecule has 5 heterocycles. The lowest BCUT2D eigenvalue weighted by molar-refractivity contribution is -0.150. The number of likely N-dealkylation sites (tertiary alicyclic amines) is 1. The number of rotatable bonds is 9. The molecule has 4 aromatic rings. The average molecular weight is 512 g/mol. The van der Waals surface area contributed by atoms with Crippen LogP contribution in [0.1, 0.15) is 12.1 Å². The number of hydrogen-bond acceptors (Lipinski definition) is 8. The zero-order chi connectivity index (χ0) is 25.9. The van der Waals surface area contributed by atoms with Crippen molar-refractivity contribution < 1.29 is 9.53 Å². The molecule has 3 aromatic heterocycles. The lowest BCUT2D eigenvalue weighted by Crippen LogP contribution is -2.45. The molecule has 0 bridgehead atoms. The SMILES string of the molecule is Cc1cccc(-c2[nH]cnc2-c2ccc3ncc(NCCN4CC[C@@H](C(=O)OCC5CNC5)C4)cc3c2)n1. The molecular formula is C29H33N7O2. The summed E-state index contributed by atoms with van der Waals surface area (Å²) < 4.78 is 5.53. The number of benzene rings is 1. The zero-order valence-corrected chi connectivity index (χ0v) is 21.6. The molecule has 3 N–H and O–H groups in total. The maximum absolute atomic E-state index is 12.4. The third kappa shape index (κ3) is 5.39. The van der Waals surface area contributed by atoms with Gasteiger partial charge in [0.15, 0.2) is 0 Å². The van der Waals surface area contributed by atoms with E-state index in [0.29, 0.717) is 12.5 Å². The molecule has 1 aromatic carbocycles. The van der Waals surface area contributed by atoms with Crippen molar-refractivity contribution in [3.63, 3.8) is 0 Å². The molecule has 0 aliphatic carbocycles. The van der Waals surface area contributed by atoms with Crippen LogP contribution < -0.4 is 10.6 Å². The number of pyridine rings is 2. The molecule has 2 saturated heterocycles. The van der Waals surface area contributed by atoms with Gasteiger partial charge in [-0.25, -0.2) is 4.98 Å². The number of nitrogens with zero attached hydrogens (tertiary/aromatic N) is 4. The number of esters is 1. The fourth-order valence-corrected chi connectivity index (χ4v) is 5.14. The van der Waals surface area contributed by atoms with E-state index in [9.17, 15) is 4.79 Å². The molecule has 0 spiro atoms. The largest absolute Gasteiger partial charge is 0.465 e. The van der Waals surface area contributed by atoms with Gasteiger partial charge in [0.2, 0.25) is 0 Å². The fourth-order valence-electron chi connectivity index (χ4n) is 5.14. The molecule has 2 aliphatic heterocycles. The lowest BCUT2D eigenvalue weighted by Gasteiger charge is -2.26. The number of imidazole rings is 1. The number of hydrogen-bond donors (Lipinski definition) is 3. The highest BCUT2D eigenvalue weighted by atomic mass is 16.5. The Labute approximate surface area is 222 Å². The Balaban J connectivity index is 1.07. The Hall–Kier alpha value is -3.82. The average Bonchev–Trinajstić information content (AvgIpc) is 3.58. The normalized spacial score (nSPS) is 18.0. The molecule has 0 saturated carbocycles. The van der Waals surface area contributed by atoms with E-state index in [0.717, 1.165) is 90.6 Å². The van der Waals surface area contributed by atoms with Crippen LogP contribution in [0.5, 0.6) is 0 Å². The molecule has 0 amide bonds. The minimum Gasteiger partial charge on any atom is -0.465 e. The van der Waals surface area contributed by atoms with E-state index in [1.165, 1.54) is 0 Å². The standard InChI is InChI=1S/C29H33N7O2/c1-19-3-2-4-26(35-19)28-27(33-18-34-28)21-5-6-25-23(11-21)12-24(15-32-25)31-8-10-36-9-7-22(16-36)29(37)38-17-20-13-30-14-20/h2-6,11-12,15,18,20,22,30-31H,7-10,13-14,16-17H2,1H3,(H,33,34)/t22-/m1/s1. The second-order valence-corrected chi connectivity index (χ2v) is 10.3. The maximum atomic E-state index is 12.4. The Morgan fingerprint density at radius 1 is 1.18 bits per heavy atom. The second-order valence-electron chi connectivity index (χ2n) is 10.3. The summed E-state index contributed by atoms with van der Waals surface area (Å²) in [5, 5.41) is 7.76. The molecule has 6 rings (SSSR count). The van der Waals surface area contributed by atoms with Crippen LogP contribution in [0, 0.1) is 18.8 Å². The van der Waals surface area contributed by atoms with Crippen LogP contribution in [0.2, 0.25) is 0 Å². The topological polar surface area (TPSA) is 108 Å². The highest BCUT2D eigenvalue weighted by Crippen LogP contribution is 2.30. The number of aryl methyl sites for hydroxylation is 1. The smallest absolute Gasteiger partial charge is 0.310 e. The van der Waals surface area contributed by atoms with Crippen LogP contribution in [0.25, 0.3) is 33.5 Å². The van der Waals surface area contributed by atoms with Gasteiger partial charge in [-0.15, -0.1) is 0 Å². The molecule has 0 unspecified atom stereocenters. The van der Waals surface area contributed by atoms with Crippen LogP contribution in [-0.2, 0) is 9.53 Å². The van der Waals surface area contributed by atoms with Crippen LogP contribution >= 0.6 is 0 Å². The van der Waals surface area contributed by atoms with E-state index in [4.69, 9.17) is 4.74 Å². The molecular weight excluding hydrogens is 478 g/mol. The highest BCUT2D eigenvalue weighted by molar-refractivity contribution is 5.88. The molecule has 196 valence electrons. The van der Waals surface area contributed by atoms with Gasteiger partial charge in [0, 0.05) is 55.3 Å². The maximum Gasteiger partial charge on any atom is 0.310 e. The van der Waals surface area contributed by atoms with Crippen molar-refractivity contribution in [1.82, 2.24) is 30.2 Å². The molecule has 9 nitrogen and oxygen atoms in total. The third-order valence-corrected chi connectivity index (χ3v) is 7.43. The highest BCUT2D eigenvalue weighted by Gasteiger charge is 2.30. The van der Waals surface area contributed by atoms with Crippen LogP contribution in [-0.4, -0.2) is 76.7 Å². The number of carbonyl (C=O) groups excluding carboxylic acids is 1. The van der Waals surface area contributed by atoms with Crippen molar-refractivity contribution in [2.24, 2.45) is 11.8 Å². The predicted molar refractivity (Wildman–Crippen MR) is 148 cm³/mol. The summed E-state index contributed by atoms with van der Waals surface area (Å²) in [6.45, 7) is 7.79. The number of ether oxygens (including phenoxy) is 1. The quantitative estimate of drug-likeness (QED) is 0.293. The van der Waals surface area contributed by atoms with Gasteiger partial charge in [0.05, 0.1) is 53.3 Å². The summed E-state index contributed by atoms with van der Waals surface area (Å²) in [4.78, 5) is 31.8. The third-order valence-electron chi connectivity index (χ3n) is 7.43. The van der Waals surface area contributed by atoms with Gasteiger partial charge >= 0.3 is 5.97 Å². The predicted octanol–water partition coefficient (Wildman–Crippen LogP) is 3.49. The summed E-state index contributed by atoms with van der Waals surface area (Å²) in [7, 11) is 0. The summed E-state index contributed by atoms with van der Waals surface area (Å²) >= 11 is 0. The molecule has 2 aliphatic rings. The lowest BCUT2D eigenvalue weighted by atomic mass is 10.0. The first-order chi connectivity index (χ1) is 18.6. The van der Waals surface area contributed by atoms with Gasteiger partial charge in [-0.2, -0.15) is 0 Å². The van der Waals surface area contributed by atoms with Crippen molar-refractivity contribution in [1.29, 1.82) is 0 Å². The number of H-pyrrole nitrogens is 1. The fraction of sp³-hybridized carbons (Fsp3) is 0.379. The number of nitrogens with one attached hydrogen (secondary N) is 3. The van der Waals surface area contributed by atoms with E-state index < -0.39 is 0 Å². The molecule has 9 heteroatoms. The monoisotopic (exact) mass is 511 g/mol. The Morgan fingerprint density at radius 2 is 2.11 bits per heavy atom. The second kappa shape index (κ2) is 10.9. The van der Waals surface area contributed by atoms with Gasteiger partial charge in [-0.3, -0.25) is 14.8 Å². The number of aromatic nitrogens is 4. The zero-order valence-electron chi connectivity index (χ0n) is 21.6. The van der Waals surface area contributed by atoms with Crippen molar-refractivity contribution >= 4 is 22.6 Å². The van der Waals surface area contributed by atoms with Crippen LogP contribution in [0.4, 0.5) is 5.69 Å². The molecule has 38 heavy (non-hydrogen) atoms. The van der Waals surface area contributed by atoms with E-state index >= 15 is 0 Å². The van der Waals surface area contributed by atoms with Crippen molar-refractivity contribution in [3.8, 4) is 22.6 Å². The van der Waals surface area contributed by atoms with Crippen molar-refractivity contribution in [3.05, 3.63) is 60.7 Å². The van der Waals surface area contributed by atoms with Gasteiger partial charge in [0.1, 0.15) is 0 Å². The summed E-state index contributed by atoms with van der Waals surface area (Å²) in [6, 6.07) is 14.3. The Morgan fingerprint density at radius 3 is 2.95 bits per heavy atom. The first-order valence-electron chi connectivity index (χ1n) is 13.3. The van der Waals surface area contributed by atoms with Crippen molar-refractivity contribution in [2.45, 2.75) is 13.3 Å². The van der Waals surface area contributed by atoms with E-state index in [-0.39, 0.29) is 11.9 Å². The van der Waals surface area contributed by atoms with Gasteiger partial charge in [-0.1, -0.05) is 12.1 Å². The molecule has 1 atom stereocenters. The Bertz CT molecular complexity index is 1430. The molecule has 2 fully saturated rings. The first-order valence-corrected chi connectivity index (χ1v) is 13.3. The van der Waals surface area contributed by atoms with Crippen LogP contribution in [0.15, 0.2) is 55.0 Å². The van der Waals surface area contributed by atoms with Crippen molar-refractivity contribution in [2.75, 3.05) is 51.2 Å². The van der Waals surface area contributed by atoms with Crippen LogP contribution in [0.3, 0.4) is 0 Å². The summed E-state index contributed by atoms with van der Waals surface area (Å²) in [5.41, 5.74) is 6.54. The van der Waals surface area contributed by atoms with E-state index in [1.54, 1.807) is 6.33 Å². The van der Waals surface area contributed by atoms with Gasteiger partial charge < -0.3 is 25.3 Å². The number of fused-ring (bicyclic) bond motifs is 1. The van der Waals surface area contributed by atoms with E-state index in [2.05, 4.69) is 53.7 Å². The van der Waals surface area contributed by atoms with E-state index in [1.807, 2.05) is 37.4 Å². The minimum absolute atomic E-state index is 0.00859. The summed E-state index contributed by atoms with van der Waals surface area (Å²) in [6.07, 6.45) is 4.46. The number of aromatic amines is 1. The van der Waals surface area contributed by atoms with Gasteiger partial charge in [0.25, 0.3) is 0 Å². The first kappa shape index (κ1) is 24.5. The minimum atomic E-state index is -0.0415. The number of anilines is 1. The Kier molecular flexibility index (Phi) is 7.02. The van der Waals surface area contributed by atoms with Gasteiger partial charge in [-0.05, 0) is 50.2 Å². The number of carbonyl (C=O) groups is 1.